The summed E-state index contributed by atoms with van der Waals surface area (Å²) in [5.74, 6) is 0.863. The number of hydrogen-bond donors (Lipinski definition) is 2. The minimum Gasteiger partial charge on any atom is -0.496 e. The molecule has 2 N–H and O–H groups in total. The molecule has 0 fully saturated rings. The van der Waals surface area contributed by atoms with Crippen LogP contribution >= 0.6 is 12.2 Å². The maximum Gasteiger partial charge on any atom is 0.264 e. The van der Waals surface area contributed by atoms with Crippen molar-refractivity contribution in [1.29, 1.82) is 0 Å². The van der Waals surface area contributed by atoms with Crippen molar-refractivity contribution in [2.45, 2.75) is 0 Å². The van der Waals surface area contributed by atoms with E-state index >= 15 is 0 Å². The predicted octanol–water partition coefficient (Wildman–Crippen LogP) is 4.64. The van der Waals surface area contributed by atoms with Crippen LogP contribution < -0.4 is 20.1 Å². The average Bonchev–Trinajstić information content (AvgIpc) is 3.22. The van der Waals surface area contributed by atoms with Gasteiger partial charge in [-0.05, 0) is 54.7 Å². The van der Waals surface area contributed by atoms with Crippen LogP contribution in [0.15, 0.2) is 71.1 Å². The molecule has 0 saturated heterocycles. The summed E-state index contributed by atoms with van der Waals surface area (Å²) in [4.78, 5) is 17.3. The van der Waals surface area contributed by atoms with Crippen LogP contribution in [0.2, 0.25) is 0 Å². The van der Waals surface area contributed by atoms with Crippen LogP contribution in [0.4, 0.5) is 5.69 Å². The summed E-state index contributed by atoms with van der Waals surface area (Å²) in [6.45, 7) is 0. The zero-order valence-electron chi connectivity index (χ0n) is 16.8. The van der Waals surface area contributed by atoms with Gasteiger partial charge in [0, 0.05) is 11.3 Å². The van der Waals surface area contributed by atoms with E-state index in [-0.39, 0.29) is 10.7 Å². The fourth-order valence-corrected chi connectivity index (χ4v) is 3.32. The van der Waals surface area contributed by atoms with Crippen LogP contribution in [0.5, 0.6) is 11.5 Å². The maximum absolute atomic E-state index is 12.8. The summed E-state index contributed by atoms with van der Waals surface area (Å²) < 4.78 is 16.4. The molecular formula is C23H19N3O4S. The highest BCUT2D eigenvalue weighted by Crippen LogP contribution is 2.28. The Hall–Kier alpha value is -3.91. The smallest absolute Gasteiger partial charge is 0.264 e. The van der Waals surface area contributed by atoms with Gasteiger partial charge in [-0.3, -0.25) is 10.1 Å². The first-order valence-corrected chi connectivity index (χ1v) is 9.79. The summed E-state index contributed by atoms with van der Waals surface area (Å²) in [6, 6.07) is 20.1. The molecule has 0 saturated carbocycles. The number of ether oxygens (including phenoxy) is 2. The fourth-order valence-electron chi connectivity index (χ4n) is 3.11. The minimum absolute atomic E-state index is 0.129. The lowest BCUT2D eigenvalue weighted by atomic mass is 10.1. The molecule has 0 aliphatic rings. The van der Waals surface area contributed by atoms with Gasteiger partial charge in [0.15, 0.2) is 10.7 Å². The zero-order valence-corrected chi connectivity index (χ0v) is 17.7. The number of nitrogens with zero attached hydrogens (tertiary/aromatic N) is 1. The van der Waals surface area contributed by atoms with Gasteiger partial charge in [-0.2, -0.15) is 0 Å². The molecule has 0 aliphatic heterocycles. The lowest BCUT2D eigenvalue weighted by molar-refractivity contribution is 0.0971. The monoisotopic (exact) mass is 433 g/mol. The van der Waals surface area contributed by atoms with Crippen molar-refractivity contribution in [2.75, 3.05) is 19.5 Å². The molecule has 0 atom stereocenters. The van der Waals surface area contributed by atoms with Gasteiger partial charge in [0.1, 0.15) is 22.6 Å². The molecular weight excluding hydrogens is 414 g/mol. The van der Waals surface area contributed by atoms with Crippen molar-refractivity contribution < 1.29 is 18.7 Å². The van der Waals surface area contributed by atoms with Crippen molar-refractivity contribution >= 4 is 40.0 Å². The molecule has 3 aromatic carbocycles. The van der Waals surface area contributed by atoms with Gasteiger partial charge < -0.3 is 19.2 Å². The standard InChI is InChI=1S/C23H19N3O4S/c1-28-18-9-6-10-19(29-2)20(18)21(27)26-23(31)24-15-11-12-17-16(13-15)25-22(30-17)14-7-4-3-5-8-14/h3-13H,1-2H3,(H2,24,26,27,31). The first kappa shape index (κ1) is 20.4. The number of nitrogens with one attached hydrogen (secondary N) is 2. The summed E-state index contributed by atoms with van der Waals surface area (Å²) in [5, 5.41) is 5.77. The zero-order chi connectivity index (χ0) is 21.8. The quantitative estimate of drug-likeness (QED) is 0.444. The number of hydrogen-bond acceptors (Lipinski definition) is 6. The lowest BCUT2D eigenvalue weighted by Gasteiger charge is -2.14. The van der Waals surface area contributed by atoms with Crippen molar-refractivity contribution in [3.63, 3.8) is 0 Å². The molecule has 0 spiro atoms. The third kappa shape index (κ3) is 4.34. The Balaban J connectivity index is 1.51. The van der Waals surface area contributed by atoms with Crippen LogP contribution in [0.25, 0.3) is 22.6 Å². The summed E-state index contributed by atoms with van der Waals surface area (Å²) in [6.07, 6.45) is 0. The van der Waals surface area contributed by atoms with Gasteiger partial charge in [0.05, 0.1) is 14.2 Å². The largest absolute Gasteiger partial charge is 0.496 e. The van der Waals surface area contributed by atoms with Crippen LogP contribution in [-0.2, 0) is 0 Å². The second-order valence-electron chi connectivity index (χ2n) is 6.51. The van der Waals surface area contributed by atoms with Gasteiger partial charge in [0.25, 0.3) is 5.91 Å². The number of fused-ring (bicyclic) bond motifs is 1. The SMILES string of the molecule is COc1cccc(OC)c1C(=O)NC(=S)Nc1ccc2oc(-c3ccccc3)nc2c1. The van der Waals surface area contributed by atoms with E-state index in [1.54, 1.807) is 36.4 Å². The Kier molecular flexibility index (Phi) is 5.81. The normalized spacial score (nSPS) is 10.5. The predicted molar refractivity (Wildman–Crippen MR) is 123 cm³/mol. The lowest BCUT2D eigenvalue weighted by Crippen LogP contribution is -2.34. The number of aromatic nitrogens is 1. The van der Waals surface area contributed by atoms with E-state index < -0.39 is 5.91 Å². The van der Waals surface area contributed by atoms with E-state index in [1.807, 2.05) is 30.3 Å². The van der Waals surface area contributed by atoms with Gasteiger partial charge >= 0.3 is 0 Å². The minimum atomic E-state index is -0.444. The van der Waals surface area contributed by atoms with Crippen LogP contribution in [0.3, 0.4) is 0 Å². The third-order valence-corrected chi connectivity index (χ3v) is 4.75. The molecule has 1 heterocycles. The van der Waals surface area contributed by atoms with E-state index in [9.17, 15) is 4.79 Å². The second-order valence-corrected chi connectivity index (χ2v) is 6.92. The Morgan fingerprint density at radius 1 is 0.968 bits per heavy atom. The molecule has 4 rings (SSSR count). The average molecular weight is 433 g/mol. The van der Waals surface area contributed by atoms with Gasteiger partial charge in [-0.1, -0.05) is 24.3 Å². The van der Waals surface area contributed by atoms with Crippen molar-refractivity contribution in [2.24, 2.45) is 0 Å². The molecule has 7 nitrogen and oxygen atoms in total. The third-order valence-electron chi connectivity index (χ3n) is 4.55. The number of methoxy groups -OCH3 is 2. The van der Waals surface area contributed by atoms with Gasteiger partial charge in [-0.25, -0.2) is 4.98 Å². The molecule has 1 amide bonds. The Morgan fingerprint density at radius 3 is 2.35 bits per heavy atom. The molecule has 0 bridgehead atoms. The van der Waals surface area contributed by atoms with Crippen LogP contribution in [-0.4, -0.2) is 30.2 Å². The highest BCUT2D eigenvalue weighted by atomic mass is 32.1. The Bertz CT molecular complexity index is 1230. The Labute approximate surface area is 184 Å². The molecule has 0 radical (unpaired) electrons. The topological polar surface area (TPSA) is 85.6 Å². The first-order chi connectivity index (χ1) is 15.1. The maximum atomic E-state index is 12.8. The number of anilines is 1. The number of oxazole rings is 1. The number of amides is 1. The molecule has 8 heteroatoms. The summed E-state index contributed by atoms with van der Waals surface area (Å²) >= 11 is 5.31. The van der Waals surface area contributed by atoms with Crippen molar-refractivity contribution in [1.82, 2.24) is 10.3 Å². The van der Waals surface area contributed by atoms with Crippen molar-refractivity contribution in [3.05, 3.63) is 72.3 Å². The number of rotatable bonds is 5. The van der Waals surface area contributed by atoms with Gasteiger partial charge in [0.2, 0.25) is 5.89 Å². The number of carbonyl (C=O) groups excluding carboxylic acids is 1. The summed E-state index contributed by atoms with van der Waals surface area (Å²) in [5.41, 5.74) is 3.14. The van der Waals surface area contributed by atoms with E-state index in [2.05, 4.69) is 15.6 Å². The number of carbonyl (C=O) groups is 1. The highest BCUT2D eigenvalue weighted by molar-refractivity contribution is 7.80. The Morgan fingerprint density at radius 2 is 1.68 bits per heavy atom. The molecule has 4 aromatic rings. The fraction of sp³-hybridized carbons (Fsp3) is 0.0870. The molecule has 156 valence electrons. The number of thiocarbonyl (C=S) groups is 1. The molecule has 31 heavy (non-hydrogen) atoms. The molecule has 0 aliphatic carbocycles. The summed E-state index contributed by atoms with van der Waals surface area (Å²) in [7, 11) is 2.97. The molecule has 0 unspecified atom stereocenters. The first-order valence-electron chi connectivity index (χ1n) is 9.38. The van der Waals surface area contributed by atoms with Crippen LogP contribution in [0, 0.1) is 0 Å². The van der Waals surface area contributed by atoms with Gasteiger partial charge in [-0.15, -0.1) is 0 Å². The van der Waals surface area contributed by atoms with E-state index in [4.69, 9.17) is 26.1 Å². The highest BCUT2D eigenvalue weighted by Gasteiger charge is 2.19. The van der Waals surface area contributed by atoms with Crippen molar-refractivity contribution in [3.8, 4) is 23.0 Å². The number of benzene rings is 3. The van der Waals surface area contributed by atoms with Crippen LogP contribution in [0.1, 0.15) is 10.4 Å². The molecule has 1 aromatic heterocycles. The van der Waals surface area contributed by atoms with E-state index in [0.29, 0.717) is 34.2 Å². The van der Waals surface area contributed by atoms with E-state index in [1.165, 1.54) is 14.2 Å². The second kappa shape index (κ2) is 8.85. The van der Waals surface area contributed by atoms with E-state index in [0.717, 1.165) is 5.56 Å².